The highest BCUT2D eigenvalue weighted by Gasteiger charge is 2.68. The van der Waals surface area contributed by atoms with E-state index in [0.717, 1.165) is 44.1 Å². The van der Waals surface area contributed by atoms with Crippen molar-refractivity contribution in [2.24, 2.45) is 29.1 Å². The molecular weight excluding hydrogens is 364 g/mol. The van der Waals surface area contributed by atoms with Gasteiger partial charge in [0.1, 0.15) is 0 Å². The van der Waals surface area contributed by atoms with Gasteiger partial charge in [-0.3, -0.25) is 14.4 Å². The normalized spacial score (nSPS) is 41.1. The summed E-state index contributed by atoms with van der Waals surface area (Å²) < 4.78 is 6.04. The SMILES string of the molecule is C=C1C[C@H]2[C@@H]3CCC4=CC(=O)CC[C@@H]4[C@H]3CC[C@]2(C)[C@]1(OC(=O)CCC)C(C)=O. The Morgan fingerprint density at radius 1 is 1.21 bits per heavy atom. The highest BCUT2D eigenvalue weighted by molar-refractivity contribution is 5.93. The van der Waals surface area contributed by atoms with Crippen LogP contribution < -0.4 is 0 Å². The topological polar surface area (TPSA) is 60.4 Å². The summed E-state index contributed by atoms with van der Waals surface area (Å²) in [6.07, 6.45) is 9.30. The fourth-order valence-corrected chi connectivity index (χ4v) is 7.47. The van der Waals surface area contributed by atoms with Gasteiger partial charge in [0.15, 0.2) is 17.2 Å². The molecule has 4 heteroatoms. The minimum Gasteiger partial charge on any atom is -0.446 e. The van der Waals surface area contributed by atoms with E-state index < -0.39 is 5.60 Å². The van der Waals surface area contributed by atoms with Crippen LogP contribution in [0.1, 0.15) is 78.6 Å². The quantitative estimate of drug-likeness (QED) is 0.496. The standard InChI is InChI=1S/C25H34O4/c1-5-6-23(28)29-25(16(3)26)15(2)13-22-21-9-7-17-14-18(27)8-10-19(17)20(21)11-12-24(22,25)4/h14,19-22H,2,5-13H2,1,3-4H3/t19-,20+,21+,22-,24-,25+/m0/s1. The van der Waals surface area contributed by atoms with Crippen molar-refractivity contribution < 1.29 is 19.1 Å². The second-order valence-electron chi connectivity index (χ2n) is 10.0. The van der Waals surface area contributed by atoms with Gasteiger partial charge in [-0.2, -0.15) is 0 Å². The number of allylic oxidation sites excluding steroid dienone is 1. The van der Waals surface area contributed by atoms with Crippen LogP contribution in [0.4, 0.5) is 0 Å². The highest BCUT2D eigenvalue weighted by atomic mass is 16.6. The lowest BCUT2D eigenvalue weighted by molar-refractivity contribution is -0.182. The summed E-state index contributed by atoms with van der Waals surface area (Å²) in [6.45, 7) is 9.97. The van der Waals surface area contributed by atoms with Crippen molar-refractivity contribution in [3.63, 3.8) is 0 Å². The molecule has 0 aromatic carbocycles. The van der Waals surface area contributed by atoms with Crippen molar-refractivity contribution in [2.75, 3.05) is 0 Å². The third kappa shape index (κ3) is 2.89. The van der Waals surface area contributed by atoms with Crippen LogP contribution in [0.5, 0.6) is 0 Å². The van der Waals surface area contributed by atoms with Crippen LogP contribution in [0.25, 0.3) is 0 Å². The zero-order valence-corrected chi connectivity index (χ0v) is 18.1. The third-order valence-corrected chi connectivity index (χ3v) is 8.68. The molecule has 4 rings (SSSR count). The Morgan fingerprint density at radius 2 is 1.97 bits per heavy atom. The average Bonchev–Trinajstić information content (AvgIpc) is 2.89. The first kappa shape index (κ1) is 20.6. The van der Waals surface area contributed by atoms with E-state index >= 15 is 0 Å². The molecule has 4 aliphatic carbocycles. The second kappa shape index (κ2) is 7.21. The molecular formula is C25H34O4. The van der Waals surface area contributed by atoms with Gasteiger partial charge in [0, 0.05) is 18.3 Å². The molecule has 4 nitrogen and oxygen atoms in total. The number of hydrogen-bond acceptors (Lipinski definition) is 4. The lowest BCUT2D eigenvalue weighted by Crippen LogP contribution is -2.58. The fraction of sp³-hybridized carbons (Fsp3) is 0.720. The molecule has 0 heterocycles. The van der Waals surface area contributed by atoms with Gasteiger partial charge < -0.3 is 4.74 Å². The van der Waals surface area contributed by atoms with E-state index in [0.29, 0.717) is 42.9 Å². The zero-order chi connectivity index (χ0) is 21.0. The van der Waals surface area contributed by atoms with E-state index in [4.69, 9.17) is 4.74 Å². The molecule has 6 atom stereocenters. The Kier molecular flexibility index (Phi) is 5.11. The molecule has 29 heavy (non-hydrogen) atoms. The fourth-order valence-electron chi connectivity index (χ4n) is 7.47. The monoisotopic (exact) mass is 398 g/mol. The molecule has 158 valence electrons. The molecule has 4 aliphatic rings. The van der Waals surface area contributed by atoms with Gasteiger partial charge in [0.05, 0.1) is 0 Å². The summed E-state index contributed by atoms with van der Waals surface area (Å²) in [4.78, 5) is 37.4. The van der Waals surface area contributed by atoms with Crippen molar-refractivity contribution in [1.29, 1.82) is 0 Å². The van der Waals surface area contributed by atoms with Gasteiger partial charge in [-0.1, -0.05) is 26.0 Å². The van der Waals surface area contributed by atoms with E-state index in [1.165, 1.54) is 5.57 Å². The third-order valence-electron chi connectivity index (χ3n) is 8.68. The van der Waals surface area contributed by atoms with Gasteiger partial charge in [-0.15, -0.1) is 0 Å². The van der Waals surface area contributed by atoms with Crippen LogP contribution in [0.2, 0.25) is 0 Å². The van der Waals surface area contributed by atoms with Crippen molar-refractivity contribution in [1.82, 2.24) is 0 Å². The number of fused-ring (bicyclic) bond motifs is 5. The second-order valence-corrected chi connectivity index (χ2v) is 10.0. The number of carbonyl (C=O) groups excluding carboxylic acids is 3. The van der Waals surface area contributed by atoms with Crippen LogP contribution in [0, 0.1) is 29.1 Å². The molecule has 0 spiro atoms. The van der Waals surface area contributed by atoms with Crippen LogP contribution >= 0.6 is 0 Å². The number of esters is 1. The summed E-state index contributed by atoms with van der Waals surface area (Å²) in [5, 5.41) is 0. The van der Waals surface area contributed by atoms with Gasteiger partial charge in [-0.25, -0.2) is 0 Å². The molecule has 0 aromatic heterocycles. The minimum absolute atomic E-state index is 0.0740. The summed E-state index contributed by atoms with van der Waals surface area (Å²) in [5.74, 6) is 1.83. The number of ketones is 2. The lowest BCUT2D eigenvalue weighted by Gasteiger charge is -2.55. The smallest absolute Gasteiger partial charge is 0.307 e. The Balaban J connectivity index is 1.68. The van der Waals surface area contributed by atoms with Crippen LogP contribution in [0.15, 0.2) is 23.8 Å². The Bertz CT molecular complexity index is 793. The molecule has 0 amide bonds. The van der Waals surface area contributed by atoms with Crippen LogP contribution in [-0.2, 0) is 19.1 Å². The van der Waals surface area contributed by atoms with Gasteiger partial charge >= 0.3 is 5.97 Å². The van der Waals surface area contributed by atoms with Crippen molar-refractivity contribution in [3.05, 3.63) is 23.8 Å². The van der Waals surface area contributed by atoms with Gasteiger partial charge in [0.25, 0.3) is 0 Å². The highest BCUT2D eigenvalue weighted by Crippen LogP contribution is 2.67. The van der Waals surface area contributed by atoms with E-state index in [1.54, 1.807) is 6.92 Å². The maximum absolute atomic E-state index is 13.0. The Hall–Kier alpha value is -1.71. The van der Waals surface area contributed by atoms with Crippen molar-refractivity contribution >= 4 is 17.5 Å². The number of rotatable bonds is 4. The van der Waals surface area contributed by atoms with Crippen LogP contribution in [-0.4, -0.2) is 23.1 Å². The van der Waals surface area contributed by atoms with Gasteiger partial charge in [0.2, 0.25) is 0 Å². The molecule has 3 fully saturated rings. The Morgan fingerprint density at radius 3 is 2.66 bits per heavy atom. The molecule has 0 radical (unpaired) electrons. The number of Topliss-reactive ketones (excluding diaryl/α,β-unsaturated/α-hetero) is 1. The molecule has 0 aliphatic heterocycles. The molecule has 0 N–H and O–H groups in total. The lowest BCUT2D eigenvalue weighted by atomic mass is 9.50. The van der Waals surface area contributed by atoms with Gasteiger partial charge in [-0.05, 0) is 87.2 Å². The number of carbonyl (C=O) groups is 3. The summed E-state index contributed by atoms with van der Waals surface area (Å²) >= 11 is 0. The zero-order valence-electron chi connectivity index (χ0n) is 18.1. The maximum atomic E-state index is 13.0. The van der Waals surface area contributed by atoms with E-state index in [2.05, 4.69) is 13.5 Å². The predicted octanol–water partition coefficient (Wildman–Crippen LogP) is 4.97. The summed E-state index contributed by atoms with van der Waals surface area (Å²) in [7, 11) is 0. The summed E-state index contributed by atoms with van der Waals surface area (Å²) in [6, 6.07) is 0. The van der Waals surface area contributed by atoms with Crippen LogP contribution in [0.3, 0.4) is 0 Å². The predicted molar refractivity (Wildman–Crippen MR) is 111 cm³/mol. The van der Waals surface area contributed by atoms with E-state index in [1.807, 2.05) is 13.0 Å². The first-order chi connectivity index (χ1) is 13.7. The molecule has 0 saturated heterocycles. The van der Waals surface area contributed by atoms with E-state index in [-0.39, 0.29) is 23.0 Å². The Labute approximate surface area is 174 Å². The number of hydrogen-bond donors (Lipinski definition) is 0. The maximum Gasteiger partial charge on any atom is 0.307 e. The van der Waals surface area contributed by atoms with E-state index in [9.17, 15) is 14.4 Å². The summed E-state index contributed by atoms with van der Waals surface area (Å²) in [5.41, 5.74) is 0.595. The minimum atomic E-state index is -1.17. The largest absolute Gasteiger partial charge is 0.446 e. The first-order valence-electron chi connectivity index (χ1n) is 11.4. The molecule has 0 aromatic rings. The van der Waals surface area contributed by atoms with Crippen molar-refractivity contribution in [3.8, 4) is 0 Å². The average molecular weight is 399 g/mol. The molecule has 0 bridgehead atoms. The molecule has 0 unspecified atom stereocenters. The first-order valence-corrected chi connectivity index (χ1v) is 11.4. The number of ether oxygens (including phenoxy) is 1. The molecule has 3 saturated carbocycles. The van der Waals surface area contributed by atoms with Crippen molar-refractivity contribution in [2.45, 2.75) is 84.2 Å².